The zero-order chi connectivity index (χ0) is 22.9. The zero-order valence-electron chi connectivity index (χ0n) is 16.8. The van der Waals surface area contributed by atoms with Crippen LogP contribution < -0.4 is 5.32 Å². The van der Waals surface area contributed by atoms with Gasteiger partial charge >= 0.3 is 0 Å². The summed E-state index contributed by atoms with van der Waals surface area (Å²) in [7, 11) is -3.69. The molecule has 1 saturated heterocycles. The molecule has 0 aliphatic carbocycles. The molecule has 0 spiro atoms. The topological polar surface area (TPSA) is 120 Å². The molecule has 0 radical (unpaired) electrons. The van der Waals surface area contributed by atoms with E-state index in [4.69, 9.17) is 23.8 Å². The first-order valence-corrected chi connectivity index (χ1v) is 12.0. The SMILES string of the molecule is O=C(Cn1c(-c2ccc(Cl)cc2)n[nH]c1=S)Nc1cc(S(=O)(=O)N2CCCC2)ccc1O. The lowest BCUT2D eigenvalue weighted by molar-refractivity contribution is -0.116. The minimum atomic E-state index is -3.69. The van der Waals surface area contributed by atoms with Gasteiger partial charge < -0.3 is 10.4 Å². The fourth-order valence-electron chi connectivity index (χ4n) is 3.47. The second-order valence-electron chi connectivity index (χ2n) is 7.28. The second-order valence-corrected chi connectivity index (χ2v) is 10.0. The highest BCUT2D eigenvalue weighted by molar-refractivity contribution is 7.89. The number of nitrogens with zero attached hydrogens (tertiary/aromatic N) is 3. The number of benzene rings is 2. The van der Waals surface area contributed by atoms with Gasteiger partial charge in [-0.2, -0.15) is 9.40 Å². The lowest BCUT2D eigenvalue weighted by Crippen LogP contribution is -2.28. The third-order valence-corrected chi connectivity index (χ3v) is 7.57. The smallest absolute Gasteiger partial charge is 0.244 e. The van der Waals surface area contributed by atoms with Crippen LogP contribution in [0.15, 0.2) is 47.4 Å². The summed E-state index contributed by atoms with van der Waals surface area (Å²) in [5, 5.41) is 20.1. The number of nitrogens with one attached hydrogen (secondary N) is 2. The summed E-state index contributed by atoms with van der Waals surface area (Å²) in [6, 6.07) is 10.7. The predicted octanol–water partition coefficient (Wildman–Crippen LogP) is 3.39. The summed E-state index contributed by atoms with van der Waals surface area (Å²) >= 11 is 11.2. The van der Waals surface area contributed by atoms with E-state index in [0.717, 1.165) is 12.8 Å². The Bertz CT molecular complexity index is 1310. The normalized spacial score (nSPS) is 14.5. The van der Waals surface area contributed by atoms with E-state index in [0.29, 0.717) is 29.5 Å². The second kappa shape index (κ2) is 9.02. The summed E-state index contributed by atoms with van der Waals surface area (Å²) < 4.78 is 28.7. The molecule has 1 fully saturated rings. The highest BCUT2D eigenvalue weighted by atomic mass is 35.5. The van der Waals surface area contributed by atoms with Gasteiger partial charge in [0.1, 0.15) is 12.3 Å². The number of aromatic amines is 1. The summed E-state index contributed by atoms with van der Waals surface area (Å²) in [4.78, 5) is 12.7. The largest absolute Gasteiger partial charge is 0.506 e. The van der Waals surface area contributed by atoms with Crippen LogP contribution in [-0.2, 0) is 21.4 Å². The molecule has 0 saturated carbocycles. The summed E-state index contributed by atoms with van der Waals surface area (Å²) in [5.74, 6) is -0.312. The van der Waals surface area contributed by atoms with Crippen LogP contribution in [0, 0.1) is 4.77 Å². The van der Waals surface area contributed by atoms with Crippen molar-refractivity contribution in [3.63, 3.8) is 0 Å². The highest BCUT2D eigenvalue weighted by Gasteiger charge is 2.28. The van der Waals surface area contributed by atoms with E-state index >= 15 is 0 Å². The molecule has 0 atom stereocenters. The maximum Gasteiger partial charge on any atom is 0.244 e. The van der Waals surface area contributed by atoms with Crippen LogP contribution >= 0.6 is 23.8 Å². The van der Waals surface area contributed by atoms with Gasteiger partial charge in [0.25, 0.3) is 0 Å². The van der Waals surface area contributed by atoms with E-state index in [2.05, 4.69) is 15.5 Å². The van der Waals surface area contributed by atoms with Crippen molar-refractivity contribution >= 4 is 45.4 Å². The van der Waals surface area contributed by atoms with Crippen LogP contribution in [0.1, 0.15) is 12.8 Å². The molecule has 2 heterocycles. The quantitative estimate of drug-likeness (QED) is 0.357. The predicted molar refractivity (Wildman–Crippen MR) is 123 cm³/mol. The number of amides is 1. The molecule has 3 N–H and O–H groups in total. The maximum absolute atomic E-state index is 12.8. The number of aromatic nitrogens is 3. The van der Waals surface area contributed by atoms with E-state index in [9.17, 15) is 18.3 Å². The number of anilines is 1. The average Bonchev–Trinajstić information content (AvgIpc) is 3.42. The van der Waals surface area contributed by atoms with Gasteiger partial charge in [-0.25, -0.2) is 8.42 Å². The van der Waals surface area contributed by atoms with Crippen LogP contribution in [0.5, 0.6) is 5.75 Å². The number of carbonyl (C=O) groups is 1. The molecule has 168 valence electrons. The molecular formula is C20H20ClN5O4S2. The molecule has 12 heteroatoms. The molecule has 1 aromatic heterocycles. The standard InChI is InChI=1S/C20H20ClN5O4S2/c21-14-5-3-13(4-6-14)19-23-24-20(31)26(19)12-18(28)22-16-11-15(7-8-17(16)27)32(29,30)25-9-1-2-10-25/h3-8,11,27H,1-2,9-10,12H2,(H,22,28)(H,24,31). The number of phenols is 1. The van der Waals surface area contributed by atoms with E-state index < -0.39 is 15.9 Å². The number of hydrogen-bond acceptors (Lipinski definition) is 6. The molecule has 0 unspecified atom stereocenters. The van der Waals surface area contributed by atoms with Crippen molar-refractivity contribution in [2.45, 2.75) is 24.3 Å². The van der Waals surface area contributed by atoms with Crippen molar-refractivity contribution in [2.75, 3.05) is 18.4 Å². The monoisotopic (exact) mass is 493 g/mol. The molecule has 32 heavy (non-hydrogen) atoms. The van der Waals surface area contributed by atoms with Crippen LogP contribution in [0.2, 0.25) is 5.02 Å². The summed E-state index contributed by atoms with van der Waals surface area (Å²) in [6.45, 7) is 0.712. The molecule has 4 rings (SSSR count). The van der Waals surface area contributed by atoms with Crippen molar-refractivity contribution in [1.29, 1.82) is 0 Å². The Kier molecular flexibility index (Phi) is 6.33. The molecule has 9 nitrogen and oxygen atoms in total. The first kappa shape index (κ1) is 22.5. The van der Waals surface area contributed by atoms with Crippen molar-refractivity contribution in [1.82, 2.24) is 19.1 Å². The van der Waals surface area contributed by atoms with Crippen LogP contribution in [-0.4, -0.2) is 51.6 Å². The summed E-state index contributed by atoms with van der Waals surface area (Å²) in [6.07, 6.45) is 1.62. The maximum atomic E-state index is 12.8. The molecule has 2 aromatic carbocycles. The minimum Gasteiger partial charge on any atom is -0.506 e. The molecule has 1 amide bonds. The summed E-state index contributed by atoms with van der Waals surface area (Å²) in [5.41, 5.74) is 0.703. The Morgan fingerprint density at radius 3 is 2.56 bits per heavy atom. The Hall–Kier alpha value is -2.73. The molecule has 0 bridgehead atoms. The highest BCUT2D eigenvalue weighted by Crippen LogP contribution is 2.29. The number of H-pyrrole nitrogens is 1. The Labute approximate surface area is 194 Å². The third kappa shape index (κ3) is 4.56. The number of halogens is 1. The molecule has 1 aliphatic heterocycles. The van der Waals surface area contributed by atoms with Gasteiger partial charge in [0.15, 0.2) is 10.6 Å². The number of phenolic OH excluding ortho intramolecular Hbond substituents is 1. The lowest BCUT2D eigenvalue weighted by Gasteiger charge is -2.17. The third-order valence-electron chi connectivity index (χ3n) is 5.11. The van der Waals surface area contributed by atoms with Gasteiger partial charge in [0.2, 0.25) is 15.9 Å². The number of sulfonamides is 1. The van der Waals surface area contributed by atoms with Crippen molar-refractivity contribution in [3.05, 3.63) is 52.3 Å². The van der Waals surface area contributed by atoms with Gasteiger partial charge in [0, 0.05) is 23.7 Å². The molecule has 1 aliphatic rings. The van der Waals surface area contributed by atoms with E-state index in [-0.39, 0.29) is 27.6 Å². The number of aromatic hydroxyl groups is 1. The number of rotatable bonds is 6. The fraction of sp³-hybridized carbons (Fsp3) is 0.250. The first-order valence-electron chi connectivity index (χ1n) is 9.80. The van der Waals surface area contributed by atoms with E-state index in [1.54, 1.807) is 24.3 Å². The van der Waals surface area contributed by atoms with Crippen LogP contribution in [0.4, 0.5) is 5.69 Å². The average molecular weight is 494 g/mol. The van der Waals surface area contributed by atoms with Crippen molar-refractivity contribution < 1.29 is 18.3 Å². The van der Waals surface area contributed by atoms with Gasteiger partial charge in [-0.3, -0.25) is 14.5 Å². The Morgan fingerprint density at radius 1 is 1.19 bits per heavy atom. The van der Waals surface area contributed by atoms with Gasteiger partial charge in [0.05, 0.1) is 10.6 Å². The van der Waals surface area contributed by atoms with Crippen LogP contribution in [0.3, 0.4) is 0 Å². The Morgan fingerprint density at radius 2 is 1.88 bits per heavy atom. The van der Waals surface area contributed by atoms with E-state index in [1.807, 2.05) is 0 Å². The lowest BCUT2D eigenvalue weighted by atomic mass is 10.2. The van der Waals surface area contributed by atoms with Crippen molar-refractivity contribution in [2.24, 2.45) is 0 Å². The zero-order valence-corrected chi connectivity index (χ0v) is 19.2. The molecule has 3 aromatic rings. The number of hydrogen-bond donors (Lipinski definition) is 3. The van der Waals surface area contributed by atoms with E-state index in [1.165, 1.54) is 27.1 Å². The number of carbonyl (C=O) groups excluding carboxylic acids is 1. The molecular weight excluding hydrogens is 474 g/mol. The van der Waals surface area contributed by atoms with Crippen molar-refractivity contribution in [3.8, 4) is 17.1 Å². The van der Waals surface area contributed by atoms with Gasteiger partial charge in [-0.05, 0) is 67.5 Å². The van der Waals surface area contributed by atoms with Gasteiger partial charge in [-0.1, -0.05) is 11.6 Å². The first-order chi connectivity index (χ1) is 15.3. The fourth-order valence-corrected chi connectivity index (χ4v) is 5.34. The Balaban J connectivity index is 1.56. The minimum absolute atomic E-state index is 0.00155. The van der Waals surface area contributed by atoms with Crippen LogP contribution in [0.25, 0.3) is 11.4 Å². The van der Waals surface area contributed by atoms with Gasteiger partial charge in [-0.15, -0.1) is 0 Å².